The van der Waals surface area contributed by atoms with E-state index in [-0.39, 0.29) is 25.0 Å². The van der Waals surface area contributed by atoms with E-state index in [0.717, 1.165) is 12.0 Å². The second-order valence-corrected chi connectivity index (χ2v) is 6.54. The van der Waals surface area contributed by atoms with Gasteiger partial charge in [-0.1, -0.05) is 60.7 Å². The van der Waals surface area contributed by atoms with E-state index in [4.69, 9.17) is 9.84 Å². The minimum absolute atomic E-state index is 0.0238. The largest absolute Gasteiger partial charge is 0.479 e. The molecule has 3 rings (SSSR count). The summed E-state index contributed by atoms with van der Waals surface area (Å²) in [6.45, 7) is 0.813. The number of morpholine rings is 1. The van der Waals surface area contributed by atoms with Gasteiger partial charge in [-0.25, -0.2) is 4.79 Å². The van der Waals surface area contributed by atoms with Crippen molar-refractivity contribution < 1.29 is 19.4 Å². The third-order valence-corrected chi connectivity index (χ3v) is 4.71. The second kappa shape index (κ2) is 8.63. The van der Waals surface area contributed by atoms with E-state index in [2.05, 4.69) is 12.1 Å². The lowest BCUT2D eigenvalue weighted by molar-refractivity contribution is -0.159. The highest BCUT2D eigenvalue weighted by Gasteiger charge is 2.30. The first kappa shape index (κ1) is 18.1. The maximum atomic E-state index is 12.8. The first-order chi connectivity index (χ1) is 12.6. The Morgan fingerprint density at radius 3 is 2.38 bits per heavy atom. The fourth-order valence-corrected chi connectivity index (χ4v) is 3.30. The van der Waals surface area contributed by atoms with Crippen LogP contribution in [-0.2, 0) is 20.7 Å². The molecule has 0 bridgehead atoms. The van der Waals surface area contributed by atoms with Gasteiger partial charge in [0.2, 0.25) is 5.91 Å². The van der Waals surface area contributed by atoms with Crippen LogP contribution >= 0.6 is 0 Å². The average Bonchev–Trinajstić information content (AvgIpc) is 2.69. The fraction of sp³-hybridized carbons (Fsp3) is 0.333. The van der Waals surface area contributed by atoms with Crippen LogP contribution in [0.3, 0.4) is 0 Å². The van der Waals surface area contributed by atoms with E-state index >= 15 is 0 Å². The number of carboxylic acids is 1. The first-order valence-corrected chi connectivity index (χ1v) is 8.84. The number of aliphatic carboxylic acids is 1. The molecule has 2 aromatic carbocycles. The van der Waals surface area contributed by atoms with Crippen molar-refractivity contribution in [2.45, 2.75) is 24.9 Å². The maximum Gasteiger partial charge on any atom is 0.334 e. The SMILES string of the molecule is O=C(O)[C@@H]1CN(C(=O)C[C@H](Cc2ccccc2)c2ccccc2)CCO1. The average molecular weight is 353 g/mol. The highest BCUT2D eigenvalue weighted by atomic mass is 16.5. The Hall–Kier alpha value is -2.66. The summed E-state index contributed by atoms with van der Waals surface area (Å²) in [6, 6.07) is 20.1. The monoisotopic (exact) mass is 353 g/mol. The highest BCUT2D eigenvalue weighted by molar-refractivity contribution is 5.79. The molecule has 0 radical (unpaired) electrons. The van der Waals surface area contributed by atoms with Gasteiger partial charge in [-0.05, 0) is 23.5 Å². The summed E-state index contributed by atoms with van der Waals surface area (Å²) in [5.74, 6) is -0.993. The van der Waals surface area contributed by atoms with Crippen molar-refractivity contribution in [3.05, 3.63) is 71.8 Å². The Morgan fingerprint density at radius 2 is 1.73 bits per heavy atom. The van der Waals surface area contributed by atoms with E-state index < -0.39 is 12.1 Å². The summed E-state index contributed by atoms with van der Waals surface area (Å²) >= 11 is 0. The van der Waals surface area contributed by atoms with Gasteiger partial charge in [-0.2, -0.15) is 0 Å². The van der Waals surface area contributed by atoms with Gasteiger partial charge in [0.15, 0.2) is 6.10 Å². The van der Waals surface area contributed by atoms with Crippen LogP contribution in [0.4, 0.5) is 0 Å². The van der Waals surface area contributed by atoms with Crippen LogP contribution in [0.2, 0.25) is 0 Å². The maximum absolute atomic E-state index is 12.8. The van der Waals surface area contributed by atoms with Crippen LogP contribution in [0.1, 0.15) is 23.5 Å². The van der Waals surface area contributed by atoms with E-state index in [1.54, 1.807) is 4.90 Å². The first-order valence-electron chi connectivity index (χ1n) is 8.84. The van der Waals surface area contributed by atoms with Crippen LogP contribution in [0.15, 0.2) is 60.7 Å². The topological polar surface area (TPSA) is 66.8 Å². The lowest BCUT2D eigenvalue weighted by Crippen LogP contribution is -2.48. The number of amides is 1. The van der Waals surface area contributed by atoms with Gasteiger partial charge in [-0.3, -0.25) is 4.79 Å². The van der Waals surface area contributed by atoms with E-state index in [1.165, 1.54) is 5.56 Å². The molecular formula is C21H23NO4. The number of benzene rings is 2. The molecule has 1 aliphatic rings. The van der Waals surface area contributed by atoms with Crippen molar-refractivity contribution in [3.8, 4) is 0 Å². The second-order valence-electron chi connectivity index (χ2n) is 6.54. The lowest BCUT2D eigenvalue weighted by Gasteiger charge is -2.32. The smallest absolute Gasteiger partial charge is 0.334 e. The Labute approximate surface area is 153 Å². The van der Waals surface area contributed by atoms with Gasteiger partial charge in [0.1, 0.15) is 0 Å². The molecule has 1 fully saturated rings. The van der Waals surface area contributed by atoms with E-state index in [0.29, 0.717) is 13.0 Å². The van der Waals surface area contributed by atoms with Crippen LogP contribution in [-0.4, -0.2) is 47.7 Å². The Kier molecular flexibility index (Phi) is 6.02. The van der Waals surface area contributed by atoms with E-state index in [1.807, 2.05) is 48.5 Å². The predicted octanol–water partition coefficient (Wildman–Crippen LogP) is 2.72. The molecule has 136 valence electrons. The van der Waals surface area contributed by atoms with Crippen LogP contribution in [0.5, 0.6) is 0 Å². The van der Waals surface area contributed by atoms with E-state index in [9.17, 15) is 9.59 Å². The van der Waals surface area contributed by atoms with Crippen LogP contribution in [0, 0.1) is 0 Å². The zero-order chi connectivity index (χ0) is 18.4. The number of hydrogen-bond donors (Lipinski definition) is 1. The fourth-order valence-electron chi connectivity index (χ4n) is 3.30. The number of nitrogens with zero attached hydrogens (tertiary/aromatic N) is 1. The third-order valence-electron chi connectivity index (χ3n) is 4.71. The summed E-state index contributed by atoms with van der Waals surface area (Å²) < 4.78 is 5.21. The molecule has 5 nitrogen and oxygen atoms in total. The minimum atomic E-state index is -1.02. The molecule has 1 amide bonds. The van der Waals surface area contributed by atoms with Crippen molar-refractivity contribution in [1.82, 2.24) is 4.90 Å². The van der Waals surface area contributed by atoms with Crippen molar-refractivity contribution in [2.75, 3.05) is 19.7 Å². The number of carboxylic acid groups (broad SMARTS) is 1. The summed E-state index contributed by atoms with van der Waals surface area (Å²) in [5, 5.41) is 9.13. The molecule has 1 heterocycles. The van der Waals surface area contributed by atoms with Crippen molar-refractivity contribution in [2.24, 2.45) is 0 Å². The van der Waals surface area contributed by atoms with Gasteiger partial charge in [0, 0.05) is 13.0 Å². The zero-order valence-corrected chi connectivity index (χ0v) is 14.6. The molecule has 0 aliphatic carbocycles. The number of ether oxygens (including phenoxy) is 1. The molecule has 0 spiro atoms. The van der Waals surface area contributed by atoms with Gasteiger partial charge in [0.05, 0.1) is 13.2 Å². The molecule has 1 N–H and O–H groups in total. The van der Waals surface area contributed by atoms with Crippen molar-refractivity contribution in [3.63, 3.8) is 0 Å². The zero-order valence-electron chi connectivity index (χ0n) is 14.6. The normalized spacial score (nSPS) is 18.3. The quantitative estimate of drug-likeness (QED) is 0.867. The lowest BCUT2D eigenvalue weighted by atomic mass is 9.89. The number of rotatable bonds is 6. The molecule has 2 aromatic rings. The van der Waals surface area contributed by atoms with Crippen LogP contribution < -0.4 is 0 Å². The predicted molar refractivity (Wildman–Crippen MR) is 97.9 cm³/mol. The molecule has 5 heteroatoms. The summed E-state index contributed by atoms with van der Waals surface area (Å²) in [7, 11) is 0. The molecule has 26 heavy (non-hydrogen) atoms. The number of hydrogen-bond acceptors (Lipinski definition) is 3. The number of carbonyl (C=O) groups is 2. The van der Waals surface area contributed by atoms with Gasteiger partial charge in [-0.15, -0.1) is 0 Å². The van der Waals surface area contributed by atoms with Crippen LogP contribution in [0.25, 0.3) is 0 Å². The third kappa shape index (κ3) is 4.70. The Balaban J connectivity index is 1.72. The summed E-state index contributed by atoms with van der Waals surface area (Å²) in [5.41, 5.74) is 2.30. The standard InChI is InChI=1S/C21H23NO4/c23-20(22-11-12-26-19(15-22)21(24)25)14-18(17-9-5-2-6-10-17)13-16-7-3-1-4-8-16/h1-10,18-19H,11-15H2,(H,24,25)/t18-,19-/m0/s1. The highest BCUT2D eigenvalue weighted by Crippen LogP contribution is 2.25. The number of carbonyl (C=O) groups excluding carboxylic acids is 1. The Bertz CT molecular complexity index is 732. The molecule has 2 atom stereocenters. The molecule has 1 aliphatic heterocycles. The molecule has 0 saturated carbocycles. The molecular weight excluding hydrogens is 330 g/mol. The molecule has 1 saturated heterocycles. The molecule has 0 unspecified atom stereocenters. The summed E-state index contributed by atoms with van der Waals surface area (Å²) in [6.07, 6.45) is 0.186. The Morgan fingerprint density at radius 1 is 1.08 bits per heavy atom. The van der Waals surface area contributed by atoms with Crippen molar-refractivity contribution in [1.29, 1.82) is 0 Å². The molecule has 0 aromatic heterocycles. The summed E-state index contributed by atoms with van der Waals surface area (Å²) in [4.78, 5) is 25.6. The van der Waals surface area contributed by atoms with Gasteiger partial charge < -0.3 is 14.7 Å². The minimum Gasteiger partial charge on any atom is -0.479 e. The van der Waals surface area contributed by atoms with Gasteiger partial charge >= 0.3 is 5.97 Å². The van der Waals surface area contributed by atoms with Crippen molar-refractivity contribution >= 4 is 11.9 Å². The van der Waals surface area contributed by atoms with Gasteiger partial charge in [0.25, 0.3) is 0 Å².